The molecule has 188 valence electrons. The van der Waals surface area contributed by atoms with Gasteiger partial charge in [0.05, 0.1) is 11.5 Å². The van der Waals surface area contributed by atoms with E-state index in [-0.39, 0.29) is 17.6 Å². The predicted molar refractivity (Wildman–Crippen MR) is 138 cm³/mol. The fraction of sp³-hybridized carbons (Fsp3) is 0.522. The van der Waals surface area contributed by atoms with Gasteiger partial charge in [-0.25, -0.2) is 4.79 Å². The summed E-state index contributed by atoms with van der Waals surface area (Å²) in [6.07, 6.45) is 2.01. The highest BCUT2D eigenvalue weighted by Crippen LogP contribution is 2.36. The van der Waals surface area contributed by atoms with Crippen LogP contribution in [0.2, 0.25) is 0 Å². The number of thioether (sulfide) groups is 1. The second-order valence-electron chi connectivity index (χ2n) is 8.07. The maximum absolute atomic E-state index is 13.1. The Morgan fingerprint density at radius 3 is 2.54 bits per heavy atom. The zero-order chi connectivity index (χ0) is 25.7. The number of carbonyl (C=O) groups excluding carboxylic acids is 2. The van der Waals surface area contributed by atoms with Crippen molar-refractivity contribution in [3.63, 3.8) is 0 Å². The first-order valence-electron chi connectivity index (χ1n) is 11.3. The highest BCUT2D eigenvalue weighted by Gasteiger charge is 2.33. The van der Waals surface area contributed by atoms with Gasteiger partial charge in [0.25, 0.3) is 11.5 Å². The number of pyridine rings is 1. The van der Waals surface area contributed by atoms with E-state index in [4.69, 9.17) is 21.7 Å². The van der Waals surface area contributed by atoms with Crippen molar-refractivity contribution in [2.75, 3.05) is 57.9 Å². The Balaban J connectivity index is 1.99. The largest absolute Gasteiger partial charge is 0.450 e. The lowest BCUT2D eigenvalue weighted by Gasteiger charge is -2.37. The van der Waals surface area contributed by atoms with Crippen LogP contribution in [0.5, 0.6) is 0 Å². The fourth-order valence-electron chi connectivity index (χ4n) is 4.10. The Hall–Kier alpha value is -2.88. The normalized spacial score (nSPS) is 17.3. The molecule has 1 aromatic heterocycles. The number of rotatable bonds is 7. The molecular formula is C23H29N5O5S2. The smallest absolute Gasteiger partial charge is 0.409 e. The van der Waals surface area contributed by atoms with Gasteiger partial charge in [-0.05, 0) is 31.9 Å². The Morgan fingerprint density at radius 2 is 1.94 bits per heavy atom. The standard InChI is InChI=1S/C23H29N5O5S2/c1-5-33-22(31)27-10-8-26(9-11-27)19-16(15(2)17(14-24)20(29)25(19)3)13-18-21(30)28(23(34)35-18)7-6-12-32-4/h13H,5-12H2,1-4H3. The summed E-state index contributed by atoms with van der Waals surface area (Å²) < 4.78 is 12.1. The maximum atomic E-state index is 13.1. The van der Waals surface area contributed by atoms with Crippen molar-refractivity contribution >= 4 is 52.2 Å². The lowest BCUT2D eigenvalue weighted by atomic mass is 10.0. The molecule has 0 bridgehead atoms. The van der Waals surface area contributed by atoms with Crippen molar-refractivity contribution in [3.8, 4) is 6.07 Å². The third-order valence-electron chi connectivity index (χ3n) is 5.95. The van der Waals surface area contributed by atoms with E-state index < -0.39 is 5.56 Å². The summed E-state index contributed by atoms with van der Waals surface area (Å²) in [5.41, 5.74) is 0.744. The van der Waals surface area contributed by atoms with E-state index >= 15 is 0 Å². The number of hydrogen-bond donors (Lipinski definition) is 0. The molecule has 12 heteroatoms. The predicted octanol–water partition coefficient (Wildman–Crippen LogP) is 2.08. The average Bonchev–Trinajstić information content (AvgIpc) is 3.11. The minimum absolute atomic E-state index is 0.0308. The molecule has 35 heavy (non-hydrogen) atoms. The summed E-state index contributed by atoms with van der Waals surface area (Å²) in [4.78, 5) is 43.8. The van der Waals surface area contributed by atoms with Gasteiger partial charge in [0, 0.05) is 59.1 Å². The molecule has 2 saturated heterocycles. The van der Waals surface area contributed by atoms with E-state index in [2.05, 4.69) is 0 Å². The van der Waals surface area contributed by atoms with E-state index in [9.17, 15) is 19.6 Å². The monoisotopic (exact) mass is 519 g/mol. The number of hydrogen-bond acceptors (Lipinski definition) is 9. The molecule has 3 heterocycles. The second kappa shape index (κ2) is 11.7. The molecule has 0 unspecified atom stereocenters. The van der Waals surface area contributed by atoms with E-state index in [0.29, 0.717) is 78.5 Å². The Kier molecular flexibility index (Phi) is 8.93. The lowest BCUT2D eigenvalue weighted by molar-refractivity contribution is -0.122. The summed E-state index contributed by atoms with van der Waals surface area (Å²) in [5, 5.41) is 9.64. The van der Waals surface area contributed by atoms with Gasteiger partial charge < -0.3 is 19.3 Å². The first-order valence-corrected chi connectivity index (χ1v) is 12.5. The molecule has 2 amide bonds. The molecule has 2 fully saturated rings. The highest BCUT2D eigenvalue weighted by atomic mass is 32.2. The highest BCUT2D eigenvalue weighted by molar-refractivity contribution is 8.26. The van der Waals surface area contributed by atoms with Crippen molar-refractivity contribution in [2.24, 2.45) is 7.05 Å². The van der Waals surface area contributed by atoms with Crippen molar-refractivity contribution in [1.82, 2.24) is 14.4 Å². The van der Waals surface area contributed by atoms with Gasteiger partial charge >= 0.3 is 6.09 Å². The number of aromatic nitrogens is 1. The summed E-state index contributed by atoms with van der Waals surface area (Å²) in [7, 11) is 3.22. The first kappa shape index (κ1) is 26.7. The van der Waals surface area contributed by atoms with Crippen LogP contribution in [0.1, 0.15) is 30.0 Å². The zero-order valence-corrected chi connectivity index (χ0v) is 22.0. The average molecular weight is 520 g/mol. The number of piperazine rings is 1. The van der Waals surface area contributed by atoms with Crippen molar-refractivity contribution in [3.05, 3.63) is 31.9 Å². The van der Waals surface area contributed by atoms with Crippen LogP contribution >= 0.6 is 24.0 Å². The van der Waals surface area contributed by atoms with Crippen LogP contribution < -0.4 is 10.5 Å². The number of ether oxygens (including phenoxy) is 2. The van der Waals surface area contributed by atoms with Crippen molar-refractivity contribution in [2.45, 2.75) is 20.3 Å². The lowest BCUT2D eigenvalue weighted by Crippen LogP contribution is -2.50. The zero-order valence-electron chi connectivity index (χ0n) is 20.3. The van der Waals surface area contributed by atoms with Crippen LogP contribution in [-0.2, 0) is 21.3 Å². The number of amides is 2. The summed E-state index contributed by atoms with van der Waals surface area (Å²) in [6, 6.07) is 2.01. The van der Waals surface area contributed by atoms with Gasteiger partial charge in [-0.2, -0.15) is 5.26 Å². The van der Waals surface area contributed by atoms with Crippen LogP contribution in [0.3, 0.4) is 0 Å². The maximum Gasteiger partial charge on any atom is 0.409 e. The van der Waals surface area contributed by atoms with Crippen molar-refractivity contribution < 1.29 is 19.1 Å². The van der Waals surface area contributed by atoms with Crippen LogP contribution in [0, 0.1) is 18.3 Å². The number of anilines is 1. The molecule has 0 saturated carbocycles. The summed E-state index contributed by atoms with van der Waals surface area (Å²) >= 11 is 6.63. The van der Waals surface area contributed by atoms with Gasteiger partial charge in [-0.15, -0.1) is 0 Å². The Bertz CT molecular complexity index is 1150. The molecule has 0 atom stereocenters. The minimum atomic E-state index is -0.405. The molecule has 3 rings (SSSR count). The topological polar surface area (TPSA) is 108 Å². The first-order chi connectivity index (χ1) is 16.7. The number of thiocarbonyl (C=S) groups is 1. The van der Waals surface area contributed by atoms with Crippen LogP contribution in [0.4, 0.5) is 10.6 Å². The van der Waals surface area contributed by atoms with Gasteiger partial charge in [0.1, 0.15) is 21.8 Å². The van der Waals surface area contributed by atoms with Gasteiger partial charge in [-0.1, -0.05) is 24.0 Å². The molecule has 1 aromatic rings. The molecular weight excluding hydrogens is 490 g/mol. The van der Waals surface area contributed by atoms with Gasteiger partial charge in [0.15, 0.2) is 0 Å². The van der Waals surface area contributed by atoms with Crippen molar-refractivity contribution in [1.29, 1.82) is 5.26 Å². The molecule has 0 spiro atoms. The molecule has 0 aromatic carbocycles. The molecule has 0 aliphatic carbocycles. The van der Waals surface area contributed by atoms with E-state index in [1.54, 1.807) is 43.9 Å². The molecule has 10 nitrogen and oxygen atoms in total. The number of nitriles is 1. The van der Waals surface area contributed by atoms with Crippen LogP contribution in [0.15, 0.2) is 9.70 Å². The fourth-order valence-corrected chi connectivity index (χ4v) is 5.39. The number of nitrogens with zero attached hydrogens (tertiary/aromatic N) is 5. The van der Waals surface area contributed by atoms with E-state index in [0.717, 1.165) is 0 Å². The van der Waals surface area contributed by atoms with Crippen LogP contribution in [0.25, 0.3) is 6.08 Å². The number of methoxy groups -OCH3 is 1. The van der Waals surface area contributed by atoms with E-state index in [1.807, 2.05) is 11.0 Å². The quantitative estimate of drug-likeness (QED) is 0.304. The van der Waals surface area contributed by atoms with E-state index in [1.165, 1.54) is 16.3 Å². The van der Waals surface area contributed by atoms with Gasteiger partial charge in [0.2, 0.25) is 0 Å². The SMILES string of the molecule is CCOC(=O)N1CCN(c2c(C=C3SC(=S)N(CCCOC)C3=O)c(C)c(C#N)c(=O)n2C)CC1. The van der Waals surface area contributed by atoms with Gasteiger partial charge in [-0.3, -0.25) is 19.1 Å². The summed E-state index contributed by atoms with van der Waals surface area (Å²) in [5.74, 6) is 0.389. The Morgan fingerprint density at radius 1 is 1.26 bits per heavy atom. The summed E-state index contributed by atoms with van der Waals surface area (Å²) in [6.45, 7) is 6.53. The second-order valence-corrected chi connectivity index (χ2v) is 9.74. The molecule has 2 aliphatic heterocycles. The number of carbonyl (C=O) groups is 2. The van der Waals surface area contributed by atoms with Crippen LogP contribution in [-0.4, -0.2) is 83.7 Å². The Labute approximate surface area is 214 Å². The third kappa shape index (κ3) is 5.52. The third-order valence-corrected chi connectivity index (χ3v) is 7.33. The molecule has 2 aliphatic rings. The minimum Gasteiger partial charge on any atom is -0.450 e. The molecule has 0 N–H and O–H groups in total. The molecule has 0 radical (unpaired) electrons.